The minimum Gasteiger partial charge on any atom is -0.441 e. The number of carbonyl (C=O) groups is 1. The third-order valence-electron chi connectivity index (χ3n) is 6.79. The fourth-order valence-electron chi connectivity index (χ4n) is 5.52. The zero-order valence-electron chi connectivity index (χ0n) is 18.3. The summed E-state index contributed by atoms with van der Waals surface area (Å²) in [5.74, 6) is -0.740. The Morgan fingerprint density at radius 1 is 1.12 bits per heavy atom. The molecular formula is C25H22F2N4O2. The van der Waals surface area contributed by atoms with Crippen LogP contribution in [0.2, 0.25) is 0 Å². The molecule has 4 heterocycles. The molecule has 4 aromatic rings. The molecule has 168 valence electrons. The first-order valence-corrected chi connectivity index (χ1v) is 11.1. The Labute approximate surface area is 188 Å². The molecule has 0 radical (unpaired) electrons. The number of hydrogen-bond acceptors (Lipinski definition) is 4. The number of halogens is 2. The Kier molecular flexibility index (Phi) is 4.40. The number of nitrogens with zero attached hydrogens (tertiary/aromatic N) is 4. The Hall–Kier alpha value is -3.55. The number of piperidine rings is 1. The van der Waals surface area contributed by atoms with Crippen molar-refractivity contribution in [3.8, 4) is 11.3 Å². The molecule has 2 aliphatic heterocycles. The number of fused-ring (bicyclic) bond motifs is 5. The molecule has 0 saturated carbocycles. The summed E-state index contributed by atoms with van der Waals surface area (Å²) in [6.45, 7) is 1.78. The van der Waals surface area contributed by atoms with Crippen molar-refractivity contribution in [2.24, 2.45) is 7.05 Å². The normalized spacial score (nSPS) is 19.7. The Bertz CT molecular complexity index is 1400. The maximum Gasteiger partial charge on any atom is 0.254 e. The molecule has 2 aromatic carbocycles. The van der Waals surface area contributed by atoms with Gasteiger partial charge in [-0.1, -0.05) is 0 Å². The molecule has 1 amide bonds. The van der Waals surface area contributed by atoms with Gasteiger partial charge in [-0.15, -0.1) is 0 Å². The molecule has 8 heteroatoms. The van der Waals surface area contributed by atoms with Crippen molar-refractivity contribution in [1.82, 2.24) is 19.7 Å². The smallest absolute Gasteiger partial charge is 0.254 e. The molecule has 2 aliphatic rings. The molecule has 2 aromatic heterocycles. The maximum atomic E-state index is 13.9. The van der Waals surface area contributed by atoms with Crippen molar-refractivity contribution in [1.29, 1.82) is 0 Å². The number of oxazole rings is 1. The lowest BCUT2D eigenvalue weighted by molar-refractivity contribution is 0.0392. The summed E-state index contributed by atoms with van der Waals surface area (Å²) in [4.78, 5) is 19.9. The average Bonchev–Trinajstić information content (AvgIpc) is 3.29. The van der Waals surface area contributed by atoms with E-state index in [9.17, 15) is 13.6 Å². The van der Waals surface area contributed by atoms with Crippen LogP contribution in [0.5, 0.6) is 0 Å². The van der Waals surface area contributed by atoms with E-state index in [1.54, 1.807) is 30.8 Å². The molecule has 2 bridgehead atoms. The van der Waals surface area contributed by atoms with E-state index in [2.05, 4.69) is 4.98 Å². The average molecular weight is 448 g/mol. The highest BCUT2D eigenvalue weighted by atomic mass is 19.1. The second-order valence-electron chi connectivity index (χ2n) is 8.93. The van der Waals surface area contributed by atoms with Crippen molar-refractivity contribution < 1.29 is 18.0 Å². The largest absolute Gasteiger partial charge is 0.441 e. The third kappa shape index (κ3) is 3.15. The second kappa shape index (κ2) is 7.23. The van der Waals surface area contributed by atoms with Gasteiger partial charge in [0.15, 0.2) is 11.5 Å². The van der Waals surface area contributed by atoms with E-state index in [4.69, 9.17) is 9.52 Å². The Balaban J connectivity index is 1.42. The minimum atomic E-state index is -0.620. The highest BCUT2D eigenvalue weighted by Gasteiger charge is 2.43. The van der Waals surface area contributed by atoms with Crippen LogP contribution >= 0.6 is 0 Å². The van der Waals surface area contributed by atoms with Crippen molar-refractivity contribution in [2.45, 2.75) is 44.7 Å². The fourth-order valence-corrected chi connectivity index (χ4v) is 5.52. The van der Waals surface area contributed by atoms with Crippen LogP contribution in [0.3, 0.4) is 0 Å². The molecule has 1 saturated heterocycles. The predicted octanol–water partition coefficient (Wildman–Crippen LogP) is 5.11. The van der Waals surface area contributed by atoms with Gasteiger partial charge in [-0.25, -0.2) is 13.8 Å². The Morgan fingerprint density at radius 3 is 2.70 bits per heavy atom. The zero-order chi connectivity index (χ0) is 22.9. The van der Waals surface area contributed by atoms with Crippen LogP contribution < -0.4 is 0 Å². The molecule has 0 unspecified atom stereocenters. The maximum absolute atomic E-state index is 13.9. The predicted molar refractivity (Wildman–Crippen MR) is 118 cm³/mol. The summed E-state index contributed by atoms with van der Waals surface area (Å²) in [6.07, 6.45) is 3.27. The van der Waals surface area contributed by atoms with Gasteiger partial charge in [0.2, 0.25) is 0 Å². The summed E-state index contributed by atoms with van der Waals surface area (Å²) >= 11 is 0. The summed E-state index contributed by atoms with van der Waals surface area (Å²) < 4.78 is 35.2. The van der Waals surface area contributed by atoms with Gasteiger partial charge in [0.05, 0.1) is 17.4 Å². The monoisotopic (exact) mass is 448 g/mol. The first-order valence-electron chi connectivity index (χ1n) is 11.1. The molecule has 1 fully saturated rings. The summed E-state index contributed by atoms with van der Waals surface area (Å²) in [5, 5.41) is 4.74. The van der Waals surface area contributed by atoms with E-state index in [-0.39, 0.29) is 18.0 Å². The standard InChI is InChI=1S/C25H22F2N4O2/c1-13-28-20-7-6-14(10-22(20)33-13)25(32)31-18-4-3-5-21(31)23-19(12-18)24(30(2)29-23)15-8-16(26)11-17(27)9-15/h6-11,18,21H,3-5,12H2,1-2H3/t18-,21+/m1/s1. The van der Waals surface area contributed by atoms with E-state index < -0.39 is 11.6 Å². The molecule has 0 spiro atoms. The molecule has 2 atom stereocenters. The van der Waals surface area contributed by atoms with Gasteiger partial charge in [0.1, 0.15) is 17.2 Å². The molecule has 0 aliphatic carbocycles. The molecule has 6 nitrogen and oxygen atoms in total. The lowest BCUT2D eigenvalue weighted by atomic mass is 9.81. The number of amides is 1. The van der Waals surface area contributed by atoms with Gasteiger partial charge < -0.3 is 9.32 Å². The van der Waals surface area contributed by atoms with Crippen LogP contribution in [0.4, 0.5) is 8.78 Å². The van der Waals surface area contributed by atoms with Crippen LogP contribution in [0.15, 0.2) is 40.8 Å². The van der Waals surface area contributed by atoms with Crippen LogP contribution in [0, 0.1) is 18.6 Å². The van der Waals surface area contributed by atoms with Crippen molar-refractivity contribution in [3.63, 3.8) is 0 Å². The highest BCUT2D eigenvalue weighted by molar-refractivity contribution is 5.97. The van der Waals surface area contributed by atoms with Gasteiger partial charge in [0, 0.05) is 42.8 Å². The van der Waals surface area contributed by atoms with Crippen LogP contribution in [-0.2, 0) is 13.5 Å². The van der Waals surface area contributed by atoms with Crippen molar-refractivity contribution in [2.75, 3.05) is 0 Å². The van der Waals surface area contributed by atoms with Gasteiger partial charge in [-0.05, 0) is 56.0 Å². The third-order valence-corrected chi connectivity index (χ3v) is 6.79. The van der Waals surface area contributed by atoms with E-state index in [0.717, 1.165) is 42.1 Å². The van der Waals surface area contributed by atoms with Crippen LogP contribution in [0.1, 0.15) is 52.8 Å². The van der Waals surface area contributed by atoms with Gasteiger partial charge in [-0.3, -0.25) is 9.48 Å². The van der Waals surface area contributed by atoms with E-state index in [1.807, 2.05) is 11.0 Å². The number of carbonyl (C=O) groups excluding carboxylic acids is 1. The SMILES string of the molecule is Cc1nc2ccc(C(=O)N3[C@@H]4CCC[C@H]3c3nn(C)c(-c5cc(F)cc(F)c5)c3C4)cc2o1. The molecule has 0 N–H and O–H groups in total. The zero-order valence-corrected chi connectivity index (χ0v) is 18.3. The first-order chi connectivity index (χ1) is 15.9. The minimum absolute atomic E-state index is 0.00253. The van der Waals surface area contributed by atoms with Gasteiger partial charge in [-0.2, -0.15) is 5.10 Å². The number of aryl methyl sites for hydroxylation is 2. The number of hydrogen-bond donors (Lipinski definition) is 0. The second-order valence-corrected chi connectivity index (χ2v) is 8.93. The number of aromatic nitrogens is 3. The van der Waals surface area contributed by atoms with Gasteiger partial charge >= 0.3 is 0 Å². The van der Waals surface area contributed by atoms with Crippen molar-refractivity contribution >= 4 is 17.0 Å². The number of benzene rings is 2. The summed E-state index contributed by atoms with van der Waals surface area (Å²) in [7, 11) is 1.78. The first kappa shape index (κ1) is 20.1. The number of rotatable bonds is 2. The fraction of sp³-hybridized carbons (Fsp3) is 0.320. The van der Waals surface area contributed by atoms with Crippen LogP contribution in [0.25, 0.3) is 22.4 Å². The van der Waals surface area contributed by atoms with E-state index in [0.29, 0.717) is 34.7 Å². The topological polar surface area (TPSA) is 64.2 Å². The molecule has 6 rings (SSSR count). The van der Waals surface area contributed by atoms with E-state index in [1.165, 1.54) is 12.1 Å². The van der Waals surface area contributed by atoms with Crippen LogP contribution in [-0.4, -0.2) is 31.6 Å². The Morgan fingerprint density at radius 2 is 1.91 bits per heavy atom. The van der Waals surface area contributed by atoms with Crippen molar-refractivity contribution in [3.05, 3.63) is 70.7 Å². The quantitative estimate of drug-likeness (QED) is 0.428. The molecular weight excluding hydrogens is 426 g/mol. The summed E-state index contributed by atoms with van der Waals surface area (Å²) in [5.41, 5.74) is 4.85. The van der Waals surface area contributed by atoms with Gasteiger partial charge in [0.25, 0.3) is 5.91 Å². The van der Waals surface area contributed by atoms with E-state index >= 15 is 0 Å². The highest BCUT2D eigenvalue weighted by Crippen LogP contribution is 2.45. The lowest BCUT2D eigenvalue weighted by Gasteiger charge is -2.45. The lowest BCUT2D eigenvalue weighted by Crippen LogP contribution is -2.49. The molecule has 33 heavy (non-hydrogen) atoms. The summed E-state index contributed by atoms with van der Waals surface area (Å²) in [6, 6.07) is 8.71.